The highest BCUT2D eigenvalue weighted by Gasteiger charge is 2.21. The average molecular weight is 245 g/mol. The van der Waals surface area contributed by atoms with Crippen LogP contribution in [0.2, 0.25) is 0 Å². The van der Waals surface area contributed by atoms with Gasteiger partial charge in [0.25, 0.3) is 0 Å². The summed E-state index contributed by atoms with van der Waals surface area (Å²) >= 11 is 6.61. The monoisotopic (exact) mass is 244 g/mol. The van der Waals surface area contributed by atoms with Crippen LogP contribution in [0.1, 0.15) is 18.1 Å². The van der Waals surface area contributed by atoms with Crippen LogP contribution in [0.3, 0.4) is 0 Å². The lowest BCUT2D eigenvalue weighted by Crippen LogP contribution is -2.23. The van der Waals surface area contributed by atoms with E-state index in [1.54, 1.807) is 0 Å². The maximum absolute atomic E-state index is 6.61. The lowest BCUT2D eigenvalue weighted by atomic mass is 9.93. The average Bonchev–Trinajstić information content (AvgIpc) is 2.30. The van der Waals surface area contributed by atoms with Gasteiger partial charge in [-0.3, -0.25) is 0 Å². The Balaban J connectivity index is 2.04. The van der Waals surface area contributed by atoms with Crippen LogP contribution >= 0.6 is 11.6 Å². The van der Waals surface area contributed by atoms with Crippen LogP contribution in [-0.2, 0) is 12.8 Å². The number of rotatable bonds is 4. The standard InChI is InChI=1S/C16H17Cl/c1-16(17,12-14-8-4-2-5-9-14)13-15-10-6-3-7-11-15/h2-11H,12-13H2,1H3. The molecular weight excluding hydrogens is 228 g/mol. The van der Waals surface area contributed by atoms with Gasteiger partial charge in [-0.1, -0.05) is 60.7 Å². The summed E-state index contributed by atoms with van der Waals surface area (Å²) in [5, 5.41) is 0. The van der Waals surface area contributed by atoms with E-state index in [-0.39, 0.29) is 4.87 Å². The van der Waals surface area contributed by atoms with Crippen LogP contribution in [0, 0.1) is 0 Å². The Kier molecular flexibility index (Phi) is 3.86. The molecule has 0 spiro atoms. The van der Waals surface area contributed by atoms with E-state index >= 15 is 0 Å². The molecule has 2 aromatic rings. The van der Waals surface area contributed by atoms with Gasteiger partial charge >= 0.3 is 0 Å². The summed E-state index contributed by atoms with van der Waals surface area (Å²) in [5.74, 6) is 0. The van der Waals surface area contributed by atoms with E-state index in [1.165, 1.54) is 11.1 Å². The quantitative estimate of drug-likeness (QED) is 0.697. The summed E-state index contributed by atoms with van der Waals surface area (Å²) < 4.78 is 0. The van der Waals surface area contributed by atoms with E-state index in [9.17, 15) is 0 Å². The van der Waals surface area contributed by atoms with Crippen molar-refractivity contribution in [2.45, 2.75) is 24.6 Å². The van der Waals surface area contributed by atoms with Crippen LogP contribution < -0.4 is 0 Å². The summed E-state index contributed by atoms with van der Waals surface area (Å²) in [5.41, 5.74) is 2.59. The van der Waals surface area contributed by atoms with Crippen LogP contribution in [0.4, 0.5) is 0 Å². The van der Waals surface area contributed by atoms with Crippen molar-refractivity contribution in [2.24, 2.45) is 0 Å². The van der Waals surface area contributed by atoms with Gasteiger partial charge in [-0.15, -0.1) is 11.6 Å². The van der Waals surface area contributed by atoms with Crippen LogP contribution in [-0.4, -0.2) is 4.87 Å². The number of halogens is 1. The summed E-state index contributed by atoms with van der Waals surface area (Å²) in [7, 11) is 0. The fourth-order valence-corrected chi connectivity index (χ4v) is 2.41. The molecule has 0 bridgehead atoms. The van der Waals surface area contributed by atoms with Crippen molar-refractivity contribution in [1.29, 1.82) is 0 Å². The molecule has 0 aliphatic rings. The summed E-state index contributed by atoms with van der Waals surface area (Å²) in [4.78, 5) is -0.220. The van der Waals surface area contributed by atoms with Crippen molar-refractivity contribution < 1.29 is 0 Å². The Labute approximate surface area is 108 Å². The lowest BCUT2D eigenvalue weighted by Gasteiger charge is -2.22. The van der Waals surface area contributed by atoms with Crippen molar-refractivity contribution in [1.82, 2.24) is 0 Å². The highest BCUT2D eigenvalue weighted by molar-refractivity contribution is 6.23. The van der Waals surface area contributed by atoms with E-state index in [4.69, 9.17) is 11.6 Å². The van der Waals surface area contributed by atoms with Gasteiger partial charge in [-0.05, 0) is 30.9 Å². The SMILES string of the molecule is CC(Cl)(Cc1ccccc1)Cc1ccccc1. The largest absolute Gasteiger partial charge is 0.119 e. The molecule has 0 amide bonds. The van der Waals surface area contributed by atoms with E-state index in [0.717, 1.165) is 12.8 Å². The molecule has 0 nitrogen and oxygen atoms in total. The van der Waals surface area contributed by atoms with E-state index in [0.29, 0.717) is 0 Å². The third-order valence-corrected chi connectivity index (χ3v) is 3.10. The molecule has 0 heterocycles. The van der Waals surface area contributed by atoms with Crippen molar-refractivity contribution >= 4 is 11.6 Å². The number of hydrogen-bond donors (Lipinski definition) is 0. The van der Waals surface area contributed by atoms with Gasteiger partial charge in [0.15, 0.2) is 0 Å². The zero-order valence-electron chi connectivity index (χ0n) is 10.1. The molecule has 0 unspecified atom stereocenters. The van der Waals surface area contributed by atoms with Crippen LogP contribution in [0.15, 0.2) is 60.7 Å². The van der Waals surface area contributed by atoms with Gasteiger partial charge in [-0.2, -0.15) is 0 Å². The minimum absolute atomic E-state index is 0.220. The maximum Gasteiger partial charge on any atom is 0.0499 e. The Bertz CT molecular complexity index is 402. The molecule has 88 valence electrons. The maximum atomic E-state index is 6.61. The van der Waals surface area contributed by atoms with E-state index in [1.807, 2.05) is 12.1 Å². The Morgan fingerprint density at radius 1 is 0.765 bits per heavy atom. The van der Waals surface area contributed by atoms with Gasteiger partial charge in [0, 0.05) is 4.87 Å². The zero-order valence-corrected chi connectivity index (χ0v) is 10.8. The Morgan fingerprint density at radius 2 is 1.12 bits per heavy atom. The molecule has 0 saturated carbocycles. The first-order chi connectivity index (χ1) is 8.16. The molecule has 2 rings (SSSR count). The van der Waals surface area contributed by atoms with Gasteiger partial charge < -0.3 is 0 Å². The second-order valence-electron chi connectivity index (χ2n) is 4.74. The lowest BCUT2D eigenvalue weighted by molar-refractivity contribution is 0.622. The van der Waals surface area contributed by atoms with E-state index < -0.39 is 0 Å². The molecule has 0 aliphatic carbocycles. The fraction of sp³-hybridized carbons (Fsp3) is 0.250. The molecule has 0 atom stereocenters. The number of benzene rings is 2. The molecule has 0 fully saturated rings. The van der Waals surface area contributed by atoms with Gasteiger partial charge in [-0.25, -0.2) is 0 Å². The Morgan fingerprint density at radius 3 is 1.47 bits per heavy atom. The van der Waals surface area contributed by atoms with Crippen molar-refractivity contribution in [3.05, 3.63) is 71.8 Å². The van der Waals surface area contributed by atoms with E-state index in [2.05, 4.69) is 55.5 Å². The minimum atomic E-state index is -0.220. The highest BCUT2D eigenvalue weighted by atomic mass is 35.5. The van der Waals surface area contributed by atoms with Gasteiger partial charge in [0.05, 0.1) is 0 Å². The fourth-order valence-electron chi connectivity index (χ4n) is 2.11. The second kappa shape index (κ2) is 5.37. The first kappa shape index (κ1) is 12.2. The smallest absolute Gasteiger partial charge is 0.0499 e. The topological polar surface area (TPSA) is 0 Å². The zero-order chi connectivity index (χ0) is 12.1. The van der Waals surface area contributed by atoms with Crippen molar-refractivity contribution in [3.63, 3.8) is 0 Å². The minimum Gasteiger partial charge on any atom is -0.119 e. The molecule has 17 heavy (non-hydrogen) atoms. The highest BCUT2D eigenvalue weighted by Crippen LogP contribution is 2.25. The molecule has 1 heteroatoms. The molecule has 0 saturated heterocycles. The number of hydrogen-bond acceptors (Lipinski definition) is 0. The van der Waals surface area contributed by atoms with Crippen LogP contribution in [0.5, 0.6) is 0 Å². The Hall–Kier alpha value is -1.27. The predicted octanol–water partition coefficient (Wildman–Crippen LogP) is 4.47. The van der Waals surface area contributed by atoms with Crippen molar-refractivity contribution in [2.75, 3.05) is 0 Å². The summed E-state index contributed by atoms with van der Waals surface area (Å²) in [6.07, 6.45) is 1.79. The van der Waals surface area contributed by atoms with Gasteiger partial charge in [0.2, 0.25) is 0 Å². The molecule has 0 radical (unpaired) electrons. The molecular formula is C16H17Cl. The number of alkyl halides is 1. The second-order valence-corrected chi connectivity index (χ2v) is 5.65. The first-order valence-corrected chi connectivity index (χ1v) is 6.30. The summed E-state index contributed by atoms with van der Waals surface area (Å²) in [6.45, 7) is 2.11. The normalized spacial score (nSPS) is 11.4. The first-order valence-electron chi connectivity index (χ1n) is 5.92. The predicted molar refractivity (Wildman–Crippen MR) is 74.6 cm³/mol. The summed E-state index contributed by atoms with van der Waals surface area (Å²) in [6, 6.07) is 20.8. The third kappa shape index (κ3) is 3.90. The molecule has 0 aliphatic heterocycles. The van der Waals surface area contributed by atoms with Crippen molar-refractivity contribution in [3.8, 4) is 0 Å². The third-order valence-electron chi connectivity index (χ3n) is 2.83. The molecule has 2 aromatic carbocycles. The van der Waals surface area contributed by atoms with Gasteiger partial charge in [0.1, 0.15) is 0 Å². The molecule has 0 N–H and O–H groups in total. The van der Waals surface area contributed by atoms with Crippen LogP contribution in [0.25, 0.3) is 0 Å². The molecule has 0 aromatic heterocycles.